The topological polar surface area (TPSA) is 50.2 Å². The van der Waals surface area contributed by atoms with E-state index in [1.807, 2.05) is 0 Å². The van der Waals surface area contributed by atoms with Crippen molar-refractivity contribution in [2.45, 2.75) is 13.1 Å². The predicted octanol–water partition coefficient (Wildman–Crippen LogP) is 3.91. The highest BCUT2D eigenvalue weighted by Gasteiger charge is 2.38. The minimum atomic E-state index is -4.80. The second-order valence-electron chi connectivity index (χ2n) is 3.97. The lowest BCUT2D eigenvalue weighted by atomic mass is 10.0. The number of fused-ring (bicyclic) bond motifs is 1. The molecule has 0 bridgehead atoms. The zero-order chi connectivity index (χ0) is 14.4. The van der Waals surface area contributed by atoms with E-state index >= 15 is 0 Å². The van der Waals surface area contributed by atoms with Gasteiger partial charge in [0.25, 0.3) is 0 Å². The molecule has 0 fully saturated rings. The zero-order valence-electron chi connectivity index (χ0n) is 9.55. The van der Waals surface area contributed by atoms with Crippen molar-refractivity contribution in [3.63, 3.8) is 0 Å². The number of carboxylic acids is 1. The molecule has 1 aromatic heterocycles. The lowest BCUT2D eigenvalue weighted by molar-refractivity contribution is -0.136. The Labute approximate surface area is 110 Å². The number of halogens is 4. The number of aryl methyl sites for hydroxylation is 1. The Morgan fingerprint density at radius 1 is 1.37 bits per heavy atom. The van der Waals surface area contributed by atoms with E-state index in [9.17, 15) is 18.0 Å². The Hall–Kier alpha value is -1.82. The van der Waals surface area contributed by atoms with Crippen LogP contribution in [0, 0.1) is 6.92 Å². The monoisotopic (exact) mass is 289 g/mol. The Kier molecular flexibility index (Phi) is 3.14. The number of aromatic nitrogens is 1. The molecule has 2 rings (SSSR count). The van der Waals surface area contributed by atoms with Gasteiger partial charge < -0.3 is 5.11 Å². The van der Waals surface area contributed by atoms with Crippen LogP contribution in [0.5, 0.6) is 0 Å². The van der Waals surface area contributed by atoms with Crippen LogP contribution < -0.4 is 0 Å². The SMILES string of the molecule is Cc1cc(Cl)cc2c(C(F)(F)F)c(C(=O)O)cnc12. The molecule has 19 heavy (non-hydrogen) atoms. The largest absolute Gasteiger partial charge is 0.478 e. The molecule has 0 amide bonds. The predicted molar refractivity (Wildman–Crippen MR) is 63.5 cm³/mol. The summed E-state index contributed by atoms with van der Waals surface area (Å²) in [5.41, 5.74) is -1.58. The number of aromatic carboxylic acids is 1. The highest BCUT2D eigenvalue weighted by molar-refractivity contribution is 6.31. The summed E-state index contributed by atoms with van der Waals surface area (Å²) in [4.78, 5) is 14.7. The van der Waals surface area contributed by atoms with Gasteiger partial charge >= 0.3 is 12.1 Å². The van der Waals surface area contributed by atoms with E-state index in [4.69, 9.17) is 16.7 Å². The summed E-state index contributed by atoms with van der Waals surface area (Å²) in [6, 6.07) is 2.55. The van der Waals surface area contributed by atoms with Gasteiger partial charge in [-0.2, -0.15) is 13.2 Å². The van der Waals surface area contributed by atoms with Crippen LogP contribution >= 0.6 is 11.6 Å². The van der Waals surface area contributed by atoms with E-state index in [0.29, 0.717) is 11.8 Å². The number of alkyl halides is 3. The number of hydrogen-bond acceptors (Lipinski definition) is 2. The maximum atomic E-state index is 13.1. The first kappa shape index (κ1) is 13.6. The summed E-state index contributed by atoms with van der Waals surface area (Å²) in [6.07, 6.45) is -4.08. The van der Waals surface area contributed by atoms with Gasteiger partial charge in [-0.25, -0.2) is 4.79 Å². The Bertz CT molecular complexity index is 683. The molecule has 0 saturated carbocycles. The summed E-state index contributed by atoms with van der Waals surface area (Å²) >= 11 is 5.74. The van der Waals surface area contributed by atoms with Gasteiger partial charge in [0.15, 0.2) is 0 Å². The second-order valence-corrected chi connectivity index (χ2v) is 4.41. The Balaban J connectivity index is 2.99. The number of nitrogens with zero attached hydrogens (tertiary/aromatic N) is 1. The minimum Gasteiger partial charge on any atom is -0.478 e. The van der Waals surface area contributed by atoms with Crippen LogP contribution in [-0.4, -0.2) is 16.1 Å². The maximum Gasteiger partial charge on any atom is 0.417 e. The summed E-state index contributed by atoms with van der Waals surface area (Å²) in [6.45, 7) is 1.56. The van der Waals surface area contributed by atoms with Gasteiger partial charge in [0.2, 0.25) is 0 Å². The van der Waals surface area contributed by atoms with Crippen LogP contribution in [0.3, 0.4) is 0 Å². The average molecular weight is 290 g/mol. The number of benzene rings is 1. The molecule has 1 N–H and O–H groups in total. The molecule has 0 radical (unpaired) electrons. The van der Waals surface area contributed by atoms with Crippen LogP contribution in [0.25, 0.3) is 10.9 Å². The van der Waals surface area contributed by atoms with Crippen molar-refractivity contribution >= 4 is 28.5 Å². The summed E-state index contributed by atoms with van der Waals surface area (Å²) in [5, 5.41) is 8.64. The van der Waals surface area contributed by atoms with Gasteiger partial charge in [0, 0.05) is 16.6 Å². The van der Waals surface area contributed by atoms with Gasteiger partial charge in [-0.1, -0.05) is 11.6 Å². The van der Waals surface area contributed by atoms with Crippen molar-refractivity contribution in [3.8, 4) is 0 Å². The molecule has 0 aliphatic heterocycles. The normalized spacial score (nSPS) is 11.8. The van der Waals surface area contributed by atoms with Crippen molar-refractivity contribution in [2.24, 2.45) is 0 Å². The zero-order valence-corrected chi connectivity index (χ0v) is 10.3. The molecule has 0 atom stereocenters. The molecule has 0 aliphatic rings. The van der Waals surface area contributed by atoms with Gasteiger partial charge in [0.1, 0.15) is 0 Å². The lowest BCUT2D eigenvalue weighted by Crippen LogP contribution is -2.14. The molecule has 1 heterocycles. The second kappa shape index (κ2) is 4.38. The number of rotatable bonds is 1. The van der Waals surface area contributed by atoms with Gasteiger partial charge in [-0.05, 0) is 24.6 Å². The molecule has 1 aromatic carbocycles. The van der Waals surface area contributed by atoms with Crippen molar-refractivity contribution < 1.29 is 23.1 Å². The highest BCUT2D eigenvalue weighted by Crippen LogP contribution is 2.38. The summed E-state index contributed by atoms with van der Waals surface area (Å²) in [7, 11) is 0. The maximum absolute atomic E-state index is 13.1. The first-order valence-corrected chi connectivity index (χ1v) is 5.49. The molecular formula is C12H7ClF3NO2. The molecular weight excluding hydrogens is 283 g/mol. The highest BCUT2D eigenvalue weighted by atomic mass is 35.5. The summed E-state index contributed by atoms with van der Waals surface area (Å²) < 4.78 is 39.2. The van der Waals surface area contributed by atoms with E-state index in [1.54, 1.807) is 6.92 Å². The van der Waals surface area contributed by atoms with Crippen LogP contribution in [0.1, 0.15) is 21.5 Å². The third kappa shape index (κ3) is 2.35. The molecule has 0 unspecified atom stereocenters. The smallest absolute Gasteiger partial charge is 0.417 e. The first-order chi connectivity index (χ1) is 8.71. The molecule has 0 spiro atoms. The molecule has 0 saturated heterocycles. The molecule has 0 aliphatic carbocycles. The number of carboxylic acid groups (broad SMARTS) is 1. The molecule has 100 valence electrons. The number of carbonyl (C=O) groups is 1. The van der Waals surface area contributed by atoms with Crippen molar-refractivity contribution in [3.05, 3.63) is 40.0 Å². The molecule has 7 heteroatoms. The fraction of sp³-hybridized carbons (Fsp3) is 0.167. The quantitative estimate of drug-likeness (QED) is 0.866. The summed E-state index contributed by atoms with van der Waals surface area (Å²) in [5.74, 6) is -1.68. The molecule has 2 aromatic rings. The van der Waals surface area contributed by atoms with Gasteiger partial charge in [-0.15, -0.1) is 0 Å². The number of pyridine rings is 1. The molecule has 3 nitrogen and oxygen atoms in total. The van der Waals surface area contributed by atoms with Crippen LogP contribution in [0.2, 0.25) is 5.02 Å². The fourth-order valence-corrected chi connectivity index (χ4v) is 2.18. The standard InChI is InChI=1S/C12H7ClF3NO2/c1-5-2-6(13)3-7-9(12(14,15)16)8(11(18)19)4-17-10(5)7/h2-4H,1H3,(H,18,19). The van der Waals surface area contributed by atoms with E-state index in [-0.39, 0.29) is 15.9 Å². The lowest BCUT2D eigenvalue weighted by Gasteiger charge is -2.14. The Morgan fingerprint density at radius 3 is 2.53 bits per heavy atom. The van der Waals surface area contributed by atoms with Crippen molar-refractivity contribution in [2.75, 3.05) is 0 Å². The first-order valence-electron chi connectivity index (χ1n) is 5.11. The van der Waals surface area contributed by atoms with Gasteiger partial charge in [0.05, 0.1) is 16.6 Å². The average Bonchev–Trinajstić information content (AvgIpc) is 2.25. The van der Waals surface area contributed by atoms with Crippen molar-refractivity contribution in [1.29, 1.82) is 0 Å². The fourth-order valence-electron chi connectivity index (χ4n) is 1.90. The third-order valence-corrected chi connectivity index (χ3v) is 2.86. The van der Waals surface area contributed by atoms with Crippen LogP contribution in [-0.2, 0) is 6.18 Å². The third-order valence-electron chi connectivity index (χ3n) is 2.64. The van der Waals surface area contributed by atoms with Crippen LogP contribution in [0.4, 0.5) is 13.2 Å². The van der Waals surface area contributed by atoms with E-state index in [2.05, 4.69) is 4.98 Å². The van der Waals surface area contributed by atoms with E-state index in [1.165, 1.54) is 6.07 Å². The minimum absolute atomic E-state index is 0.0849. The van der Waals surface area contributed by atoms with Gasteiger partial charge in [-0.3, -0.25) is 4.98 Å². The number of hydrogen-bond donors (Lipinski definition) is 1. The van der Waals surface area contributed by atoms with Crippen LogP contribution in [0.15, 0.2) is 18.3 Å². The van der Waals surface area contributed by atoms with E-state index in [0.717, 1.165) is 6.07 Å². The van der Waals surface area contributed by atoms with E-state index < -0.39 is 23.3 Å². The van der Waals surface area contributed by atoms with Crippen molar-refractivity contribution in [1.82, 2.24) is 4.98 Å². The Morgan fingerprint density at radius 2 is 2.00 bits per heavy atom.